The Morgan fingerprint density at radius 2 is 1.63 bits per heavy atom. The molecule has 3 amide bonds. The van der Waals surface area contributed by atoms with Crippen molar-refractivity contribution in [3.05, 3.63) is 90.0 Å². The molecule has 1 heterocycles. The number of hydrogen-bond donors (Lipinski definition) is 2. The second-order valence-electron chi connectivity index (χ2n) is 9.17. The van der Waals surface area contributed by atoms with Crippen LogP contribution in [0.3, 0.4) is 0 Å². The minimum absolute atomic E-state index is 0.125. The number of benzene rings is 3. The number of aryl methyl sites for hydroxylation is 1. The summed E-state index contributed by atoms with van der Waals surface area (Å²) in [6.45, 7) is 1.11. The van der Waals surface area contributed by atoms with Crippen LogP contribution in [0.1, 0.15) is 17.5 Å². The lowest BCUT2D eigenvalue weighted by Crippen LogP contribution is -2.36. The van der Waals surface area contributed by atoms with Gasteiger partial charge in [-0.2, -0.15) is 28.8 Å². The number of sulfone groups is 1. The molecule has 4 rings (SSSR count). The minimum Gasteiger partial charge on any atom is -0.326 e. The van der Waals surface area contributed by atoms with Gasteiger partial charge in [0.2, 0.25) is 5.91 Å². The zero-order valence-corrected chi connectivity index (χ0v) is 24.2. The largest absolute Gasteiger partial charge is 0.397 e. The first-order valence-electron chi connectivity index (χ1n) is 12.6. The Balaban J connectivity index is 1.49. The summed E-state index contributed by atoms with van der Waals surface area (Å²) in [6, 6.07) is 19.1. The Morgan fingerprint density at radius 1 is 0.977 bits per heavy atom. The van der Waals surface area contributed by atoms with Crippen LogP contribution in [0.2, 0.25) is 0 Å². The fraction of sp³-hybridized carbons (Fsp3) is 0.185. The molecule has 0 fully saturated rings. The second kappa shape index (κ2) is 13.1. The average Bonchev–Trinajstić information content (AvgIpc) is 3.29. The lowest BCUT2D eigenvalue weighted by Gasteiger charge is -2.11. The Bertz CT molecular complexity index is 1790. The molecule has 1 aliphatic heterocycles. The summed E-state index contributed by atoms with van der Waals surface area (Å²) in [5, 5.41) is 15.4. The van der Waals surface area contributed by atoms with Gasteiger partial charge in [-0.15, -0.1) is 0 Å². The van der Waals surface area contributed by atoms with Gasteiger partial charge in [-0.1, -0.05) is 48.0 Å². The van der Waals surface area contributed by atoms with Crippen LogP contribution in [0.15, 0.2) is 99.1 Å². The summed E-state index contributed by atoms with van der Waals surface area (Å²) in [4.78, 5) is 38.5. The molecule has 0 saturated heterocycles. The third-order valence-corrected chi connectivity index (χ3v) is 8.09. The SMILES string of the molecule is Cc1ccc(NC(=O)CC(=O)N2N=C(c3ccccc3)C(N=Nc3ccc(S(=O)(=O)CCOS(=O)(=O)O)cc3)C2=O)cc1. The van der Waals surface area contributed by atoms with E-state index in [0.29, 0.717) is 16.3 Å². The molecule has 1 atom stereocenters. The maximum absolute atomic E-state index is 13.2. The second-order valence-corrected chi connectivity index (χ2v) is 12.4. The van der Waals surface area contributed by atoms with E-state index in [-0.39, 0.29) is 16.3 Å². The van der Waals surface area contributed by atoms with Crippen molar-refractivity contribution in [2.75, 3.05) is 17.7 Å². The van der Waals surface area contributed by atoms with Gasteiger partial charge in [-0.05, 0) is 43.3 Å². The number of imide groups is 1. The first kappa shape index (κ1) is 31.3. The molecule has 43 heavy (non-hydrogen) atoms. The number of nitrogens with one attached hydrogen (secondary N) is 1. The first-order valence-corrected chi connectivity index (χ1v) is 15.6. The maximum Gasteiger partial charge on any atom is 0.397 e. The number of carbonyl (C=O) groups is 3. The van der Waals surface area contributed by atoms with E-state index < -0.39 is 62.8 Å². The quantitative estimate of drug-likeness (QED) is 0.182. The Labute approximate surface area is 247 Å². The van der Waals surface area contributed by atoms with Crippen LogP contribution in [-0.2, 0) is 38.8 Å². The van der Waals surface area contributed by atoms with Gasteiger partial charge in [0.05, 0.1) is 22.9 Å². The zero-order valence-electron chi connectivity index (χ0n) is 22.5. The molecule has 3 aromatic carbocycles. The molecule has 14 nitrogen and oxygen atoms in total. The van der Waals surface area contributed by atoms with Gasteiger partial charge in [0.1, 0.15) is 12.1 Å². The normalized spacial score (nSPS) is 15.5. The summed E-state index contributed by atoms with van der Waals surface area (Å²) >= 11 is 0. The zero-order chi connectivity index (χ0) is 31.2. The maximum atomic E-state index is 13.2. The van der Waals surface area contributed by atoms with Crippen molar-refractivity contribution >= 4 is 55.0 Å². The first-order chi connectivity index (χ1) is 20.3. The van der Waals surface area contributed by atoms with Gasteiger partial charge in [-0.25, -0.2) is 12.6 Å². The van der Waals surface area contributed by atoms with Crippen molar-refractivity contribution in [1.82, 2.24) is 5.01 Å². The van der Waals surface area contributed by atoms with Crippen LogP contribution in [0, 0.1) is 6.92 Å². The van der Waals surface area contributed by atoms with E-state index in [0.717, 1.165) is 5.56 Å². The molecular formula is C27H25N5O9S2. The highest BCUT2D eigenvalue weighted by Gasteiger charge is 2.40. The van der Waals surface area contributed by atoms with Crippen molar-refractivity contribution in [3.63, 3.8) is 0 Å². The van der Waals surface area contributed by atoms with Crippen molar-refractivity contribution < 1.29 is 40.0 Å². The molecular weight excluding hydrogens is 602 g/mol. The number of hydrazone groups is 1. The number of azo groups is 1. The molecule has 1 aliphatic rings. The molecule has 16 heteroatoms. The highest BCUT2D eigenvalue weighted by atomic mass is 32.3. The molecule has 0 aliphatic carbocycles. The Morgan fingerprint density at radius 3 is 2.26 bits per heavy atom. The molecule has 0 bridgehead atoms. The third kappa shape index (κ3) is 8.45. The van der Waals surface area contributed by atoms with E-state index in [1.54, 1.807) is 54.6 Å². The highest BCUT2D eigenvalue weighted by Crippen LogP contribution is 2.23. The van der Waals surface area contributed by atoms with E-state index in [9.17, 15) is 31.2 Å². The van der Waals surface area contributed by atoms with Gasteiger partial charge in [0.25, 0.3) is 11.8 Å². The number of carbonyl (C=O) groups excluding carboxylic acids is 3. The molecule has 1 unspecified atom stereocenters. The molecule has 0 radical (unpaired) electrons. The fourth-order valence-corrected chi connectivity index (χ4v) is 5.31. The lowest BCUT2D eigenvalue weighted by molar-refractivity contribution is -0.144. The molecule has 3 aromatic rings. The number of anilines is 1. The van der Waals surface area contributed by atoms with Crippen LogP contribution in [0.25, 0.3) is 0 Å². The summed E-state index contributed by atoms with van der Waals surface area (Å²) in [6.07, 6.45) is -0.653. The summed E-state index contributed by atoms with van der Waals surface area (Å²) in [7, 11) is -8.74. The smallest absolute Gasteiger partial charge is 0.326 e. The van der Waals surface area contributed by atoms with Gasteiger partial charge in [0, 0.05) is 11.3 Å². The minimum atomic E-state index is -4.78. The average molecular weight is 628 g/mol. The van der Waals surface area contributed by atoms with E-state index in [2.05, 4.69) is 24.8 Å². The Kier molecular flexibility index (Phi) is 9.55. The van der Waals surface area contributed by atoms with E-state index in [4.69, 9.17) is 4.55 Å². The Hall–Kier alpha value is -4.64. The van der Waals surface area contributed by atoms with Gasteiger partial charge >= 0.3 is 10.4 Å². The molecule has 2 N–H and O–H groups in total. The van der Waals surface area contributed by atoms with Crippen LogP contribution in [0.4, 0.5) is 11.4 Å². The van der Waals surface area contributed by atoms with Crippen LogP contribution in [0.5, 0.6) is 0 Å². The van der Waals surface area contributed by atoms with Gasteiger partial charge in [-0.3, -0.25) is 18.9 Å². The van der Waals surface area contributed by atoms with E-state index >= 15 is 0 Å². The molecule has 0 aromatic heterocycles. The summed E-state index contributed by atoms with van der Waals surface area (Å²) < 4.78 is 58.7. The fourth-order valence-electron chi connectivity index (χ4n) is 3.82. The predicted octanol–water partition coefficient (Wildman–Crippen LogP) is 2.84. The van der Waals surface area contributed by atoms with E-state index in [1.165, 1.54) is 24.3 Å². The third-order valence-electron chi connectivity index (χ3n) is 5.93. The van der Waals surface area contributed by atoms with Crippen molar-refractivity contribution in [3.8, 4) is 0 Å². The molecule has 0 saturated carbocycles. The lowest BCUT2D eigenvalue weighted by atomic mass is 10.0. The summed E-state index contributed by atoms with van der Waals surface area (Å²) in [5.74, 6) is -3.04. The number of rotatable bonds is 11. The van der Waals surface area contributed by atoms with Gasteiger partial charge < -0.3 is 5.32 Å². The number of hydrogen-bond acceptors (Lipinski definition) is 11. The van der Waals surface area contributed by atoms with E-state index in [1.807, 2.05) is 6.92 Å². The summed E-state index contributed by atoms with van der Waals surface area (Å²) in [5.41, 5.74) is 2.26. The van der Waals surface area contributed by atoms with Crippen molar-refractivity contribution in [1.29, 1.82) is 0 Å². The molecule has 224 valence electrons. The number of amides is 3. The number of nitrogens with zero attached hydrogens (tertiary/aromatic N) is 4. The monoisotopic (exact) mass is 627 g/mol. The van der Waals surface area contributed by atoms with Crippen molar-refractivity contribution in [2.45, 2.75) is 24.3 Å². The van der Waals surface area contributed by atoms with Gasteiger partial charge in [0.15, 0.2) is 15.9 Å². The highest BCUT2D eigenvalue weighted by molar-refractivity contribution is 7.91. The van der Waals surface area contributed by atoms with Crippen LogP contribution in [-0.4, -0.2) is 68.2 Å². The standard InChI is InChI=1S/C27H25N5O9S2/c1-18-7-9-20(10-8-18)28-23(33)17-24(34)32-27(35)26(25(31-32)19-5-3-2-4-6-19)30-29-21-11-13-22(14-12-21)42(36,37)16-15-41-43(38,39)40/h2-14,26H,15-17H2,1H3,(H,28,33)(H,38,39,40). The van der Waals surface area contributed by atoms with Crippen LogP contribution >= 0.6 is 0 Å². The van der Waals surface area contributed by atoms with Crippen LogP contribution < -0.4 is 5.32 Å². The topological polar surface area (TPSA) is 201 Å². The predicted molar refractivity (Wildman–Crippen MR) is 154 cm³/mol. The molecule has 0 spiro atoms. The van der Waals surface area contributed by atoms with Crippen molar-refractivity contribution in [2.24, 2.45) is 15.3 Å².